The second kappa shape index (κ2) is 5.07. The van der Waals surface area contributed by atoms with Crippen molar-refractivity contribution in [3.63, 3.8) is 0 Å². The number of hydrogen-bond acceptors (Lipinski definition) is 2. The Balaban J connectivity index is 2.01. The Kier molecular flexibility index (Phi) is 3.03. The van der Waals surface area contributed by atoms with Crippen LogP contribution >= 0.6 is 0 Å². The molecule has 0 aliphatic carbocycles. The molecule has 1 unspecified atom stereocenters. The van der Waals surface area contributed by atoms with Crippen molar-refractivity contribution >= 4 is 11.6 Å². The van der Waals surface area contributed by atoms with Crippen LogP contribution in [-0.2, 0) is 5.66 Å². The first kappa shape index (κ1) is 13.7. The minimum Gasteiger partial charge on any atom is -0.301 e. The molecular formula is C20H16N2O. The van der Waals surface area contributed by atoms with E-state index < -0.39 is 5.66 Å². The number of hydrogen-bond donors (Lipinski definition) is 1. The fourth-order valence-electron chi connectivity index (χ4n) is 3.28. The van der Waals surface area contributed by atoms with Crippen LogP contribution in [0.15, 0.2) is 84.9 Å². The van der Waals surface area contributed by atoms with Crippen molar-refractivity contribution in [2.75, 3.05) is 4.90 Å². The van der Waals surface area contributed by atoms with Crippen molar-refractivity contribution in [1.82, 2.24) is 0 Å². The molecule has 1 heterocycles. The average molecular weight is 300 g/mol. The van der Waals surface area contributed by atoms with Gasteiger partial charge in [0.15, 0.2) is 0 Å². The molecule has 4 rings (SSSR count). The molecule has 0 spiro atoms. The molecule has 1 aliphatic heterocycles. The predicted molar refractivity (Wildman–Crippen MR) is 91.1 cm³/mol. The van der Waals surface area contributed by atoms with E-state index in [0.29, 0.717) is 5.56 Å². The Labute approximate surface area is 135 Å². The highest BCUT2D eigenvalue weighted by molar-refractivity contribution is 6.12. The summed E-state index contributed by atoms with van der Waals surface area (Å²) in [4.78, 5) is 14.7. The van der Waals surface area contributed by atoms with E-state index >= 15 is 0 Å². The normalized spacial score (nSPS) is 19.7. The van der Waals surface area contributed by atoms with Crippen LogP contribution in [0, 0.1) is 0 Å². The van der Waals surface area contributed by atoms with Crippen LogP contribution in [0.1, 0.15) is 21.5 Å². The molecule has 0 bridgehead atoms. The highest BCUT2D eigenvalue weighted by atomic mass is 16.2. The molecule has 3 aromatic rings. The summed E-state index contributed by atoms with van der Waals surface area (Å²) in [7, 11) is 0. The Morgan fingerprint density at radius 3 is 2.00 bits per heavy atom. The third-order valence-corrected chi connectivity index (χ3v) is 4.35. The van der Waals surface area contributed by atoms with E-state index in [1.165, 1.54) is 0 Å². The Bertz CT molecular complexity index is 861. The molecular weight excluding hydrogens is 284 g/mol. The topological polar surface area (TPSA) is 46.3 Å². The molecule has 0 aromatic heterocycles. The summed E-state index contributed by atoms with van der Waals surface area (Å²) in [6.45, 7) is 0. The first-order valence-corrected chi connectivity index (χ1v) is 7.56. The van der Waals surface area contributed by atoms with Crippen molar-refractivity contribution < 1.29 is 4.79 Å². The second-order valence-electron chi connectivity index (χ2n) is 5.65. The maximum Gasteiger partial charge on any atom is 0.260 e. The number of fused-ring (bicyclic) bond motifs is 1. The monoisotopic (exact) mass is 300 g/mol. The van der Waals surface area contributed by atoms with Gasteiger partial charge >= 0.3 is 0 Å². The van der Waals surface area contributed by atoms with Gasteiger partial charge in [-0.1, -0.05) is 66.7 Å². The van der Waals surface area contributed by atoms with Gasteiger partial charge in [0.05, 0.1) is 0 Å². The fourth-order valence-corrected chi connectivity index (χ4v) is 3.28. The lowest BCUT2D eigenvalue weighted by Gasteiger charge is -2.36. The van der Waals surface area contributed by atoms with Crippen LogP contribution in [0.3, 0.4) is 0 Å². The number of nitrogens with two attached hydrogens (primary N) is 1. The number of carbonyl (C=O) groups is 1. The number of benzene rings is 3. The zero-order valence-corrected chi connectivity index (χ0v) is 12.5. The SMILES string of the molecule is NC1(c2ccccc2)c2ccccc2C(=O)N1c1ccccc1. The van der Waals surface area contributed by atoms with Crippen molar-refractivity contribution in [2.45, 2.75) is 5.66 Å². The van der Waals surface area contributed by atoms with E-state index in [4.69, 9.17) is 5.73 Å². The number of para-hydroxylation sites is 1. The van der Waals surface area contributed by atoms with Crippen LogP contribution in [0.4, 0.5) is 5.69 Å². The third kappa shape index (κ3) is 1.91. The average Bonchev–Trinajstić information content (AvgIpc) is 2.86. The minimum atomic E-state index is -1.00. The lowest BCUT2D eigenvalue weighted by Crippen LogP contribution is -2.52. The van der Waals surface area contributed by atoms with Gasteiger partial charge in [0.1, 0.15) is 5.66 Å². The van der Waals surface area contributed by atoms with Gasteiger partial charge in [0.25, 0.3) is 5.91 Å². The number of rotatable bonds is 2. The molecule has 3 aromatic carbocycles. The van der Waals surface area contributed by atoms with Gasteiger partial charge in [0.2, 0.25) is 0 Å². The van der Waals surface area contributed by atoms with Gasteiger partial charge in [-0.2, -0.15) is 0 Å². The number of amides is 1. The van der Waals surface area contributed by atoms with Gasteiger partial charge in [-0.05, 0) is 23.8 Å². The highest BCUT2D eigenvalue weighted by Crippen LogP contribution is 2.42. The lowest BCUT2D eigenvalue weighted by atomic mass is 9.91. The third-order valence-electron chi connectivity index (χ3n) is 4.35. The molecule has 1 atom stereocenters. The first-order valence-electron chi connectivity index (χ1n) is 7.56. The molecule has 23 heavy (non-hydrogen) atoms. The van der Waals surface area contributed by atoms with Crippen molar-refractivity contribution in [3.8, 4) is 0 Å². The van der Waals surface area contributed by atoms with E-state index in [0.717, 1.165) is 16.8 Å². The van der Waals surface area contributed by atoms with E-state index in [2.05, 4.69) is 0 Å². The molecule has 1 amide bonds. The predicted octanol–water partition coefficient (Wildman–Crippen LogP) is 3.51. The molecule has 0 saturated carbocycles. The lowest BCUT2D eigenvalue weighted by molar-refractivity contribution is 0.0983. The Morgan fingerprint density at radius 2 is 1.30 bits per heavy atom. The van der Waals surface area contributed by atoms with Gasteiger partial charge < -0.3 is 5.73 Å². The number of nitrogens with zero attached hydrogens (tertiary/aromatic N) is 1. The largest absolute Gasteiger partial charge is 0.301 e. The summed E-state index contributed by atoms with van der Waals surface area (Å²) < 4.78 is 0. The summed E-state index contributed by atoms with van der Waals surface area (Å²) in [6.07, 6.45) is 0. The van der Waals surface area contributed by atoms with Crippen LogP contribution in [0.5, 0.6) is 0 Å². The van der Waals surface area contributed by atoms with Crippen LogP contribution in [0.25, 0.3) is 0 Å². The quantitative estimate of drug-likeness (QED) is 0.787. The van der Waals surface area contributed by atoms with Gasteiger partial charge in [-0.15, -0.1) is 0 Å². The second-order valence-corrected chi connectivity index (χ2v) is 5.65. The maximum absolute atomic E-state index is 13.0. The molecule has 0 fully saturated rings. The molecule has 0 saturated heterocycles. The Hall–Kier alpha value is -2.91. The summed E-state index contributed by atoms with van der Waals surface area (Å²) in [5, 5.41) is 0. The first-order chi connectivity index (χ1) is 11.2. The van der Waals surface area contributed by atoms with E-state index in [-0.39, 0.29) is 5.91 Å². The number of anilines is 1. The molecule has 2 N–H and O–H groups in total. The van der Waals surface area contributed by atoms with Crippen LogP contribution < -0.4 is 10.6 Å². The molecule has 3 nitrogen and oxygen atoms in total. The maximum atomic E-state index is 13.0. The van der Waals surface area contributed by atoms with Gasteiger partial charge in [0, 0.05) is 16.8 Å². The van der Waals surface area contributed by atoms with Crippen molar-refractivity contribution in [2.24, 2.45) is 5.73 Å². The van der Waals surface area contributed by atoms with Crippen molar-refractivity contribution in [3.05, 3.63) is 102 Å². The smallest absolute Gasteiger partial charge is 0.260 e. The highest BCUT2D eigenvalue weighted by Gasteiger charge is 2.48. The van der Waals surface area contributed by atoms with E-state index in [1.807, 2.05) is 84.9 Å². The Morgan fingerprint density at radius 1 is 0.739 bits per heavy atom. The van der Waals surface area contributed by atoms with Crippen LogP contribution in [0.2, 0.25) is 0 Å². The molecule has 0 radical (unpaired) electrons. The van der Waals surface area contributed by atoms with E-state index in [9.17, 15) is 4.79 Å². The summed E-state index contributed by atoms with van der Waals surface area (Å²) >= 11 is 0. The summed E-state index contributed by atoms with van der Waals surface area (Å²) in [5.41, 5.74) is 9.03. The molecule has 1 aliphatic rings. The minimum absolute atomic E-state index is 0.0712. The van der Waals surface area contributed by atoms with Gasteiger partial charge in [-0.25, -0.2) is 0 Å². The number of carbonyl (C=O) groups excluding carboxylic acids is 1. The van der Waals surface area contributed by atoms with Gasteiger partial charge in [-0.3, -0.25) is 9.69 Å². The molecule has 3 heteroatoms. The zero-order valence-electron chi connectivity index (χ0n) is 12.5. The standard InChI is InChI=1S/C20H16N2O/c21-20(15-9-3-1-4-10-15)18-14-8-7-13-17(18)19(23)22(20)16-11-5-2-6-12-16/h1-14H,21H2. The van der Waals surface area contributed by atoms with Crippen LogP contribution in [-0.4, -0.2) is 5.91 Å². The van der Waals surface area contributed by atoms with Crippen molar-refractivity contribution in [1.29, 1.82) is 0 Å². The zero-order chi connectivity index (χ0) is 15.9. The van der Waals surface area contributed by atoms with E-state index in [1.54, 1.807) is 4.90 Å². The molecule has 112 valence electrons. The summed E-state index contributed by atoms with van der Waals surface area (Å²) in [6, 6.07) is 26.9. The fraction of sp³-hybridized carbons (Fsp3) is 0.0500. The summed E-state index contributed by atoms with van der Waals surface area (Å²) in [5.74, 6) is -0.0712.